The Morgan fingerprint density at radius 3 is 2.78 bits per heavy atom. The molecule has 0 unspecified atom stereocenters. The number of fused-ring (bicyclic) bond motifs is 1. The minimum atomic E-state index is -0.911. The summed E-state index contributed by atoms with van der Waals surface area (Å²) in [5, 5.41) is 23.1. The number of aryl methyl sites for hydroxylation is 2. The van der Waals surface area contributed by atoms with E-state index in [1.165, 1.54) is 6.33 Å². The fraction of sp³-hybridized carbons (Fsp3) is 0.421. The van der Waals surface area contributed by atoms with Gasteiger partial charge in [-0.15, -0.1) is 5.10 Å². The molecule has 1 saturated heterocycles. The number of nitrogens with zero attached hydrogens (tertiary/aromatic N) is 6. The molecule has 1 N–H and O–H groups in total. The lowest BCUT2D eigenvalue weighted by Gasteiger charge is -2.38. The molecular formula is C19H22N6O2. The van der Waals surface area contributed by atoms with E-state index in [0.29, 0.717) is 38.9 Å². The van der Waals surface area contributed by atoms with Crippen LogP contribution in [0.2, 0.25) is 0 Å². The maximum atomic E-state index is 12.4. The van der Waals surface area contributed by atoms with Gasteiger partial charge in [0.05, 0.1) is 17.7 Å². The van der Waals surface area contributed by atoms with Crippen molar-refractivity contribution in [2.45, 2.75) is 38.3 Å². The third kappa shape index (κ3) is 3.66. The van der Waals surface area contributed by atoms with Crippen molar-refractivity contribution in [3.8, 4) is 0 Å². The second kappa shape index (κ2) is 7.03. The number of carbonyl (C=O) groups excluding carboxylic acids is 1. The molecule has 4 rings (SSSR count). The Hall–Kier alpha value is -2.87. The number of aromatic nitrogens is 5. The van der Waals surface area contributed by atoms with Crippen LogP contribution < -0.4 is 0 Å². The van der Waals surface area contributed by atoms with E-state index in [0.717, 1.165) is 22.2 Å². The molecule has 8 heteroatoms. The largest absolute Gasteiger partial charge is 0.385 e. The van der Waals surface area contributed by atoms with Gasteiger partial charge < -0.3 is 10.0 Å². The molecule has 0 spiro atoms. The molecule has 1 aliphatic heterocycles. The Kier molecular flexibility index (Phi) is 4.57. The summed E-state index contributed by atoms with van der Waals surface area (Å²) < 4.78 is 1.54. The number of hydrogen-bond donors (Lipinski definition) is 1. The second-order valence-electron chi connectivity index (χ2n) is 7.10. The van der Waals surface area contributed by atoms with Crippen LogP contribution in [0.1, 0.15) is 30.5 Å². The molecule has 1 aliphatic rings. The zero-order valence-corrected chi connectivity index (χ0v) is 15.2. The van der Waals surface area contributed by atoms with Crippen LogP contribution in [0.3, 0.4) is 0 Å². The number of piperidine rings is 1. The molecule has 0 aliphatic carbocycles. The van der Waals surface area contributed by atoms with Gasteiger partial charge in [0.25, 0.3) is 0 Å². The highest BCUT2D eigenvalue weighted by Gasteiger charge is 2.35. The molecule has 2 aromatic heterocycles. The molecule has 0 bridgehead atoms. The van der Waals surface area contributed by atoms with E-state index < -0.39 is 5.60 Å². The number of amides is 1. The van der Waals surface area contributed by atoms with Crippen molar-refractivity contribution >= 4 is 16.8 Å². The van der Waals surface area contributed by atoms with Crippen molar-refractivity contribution < 1.29 is 9.90 Å². The monoisotopic (exact) mass is 366 g/mol. The number of carbonyl (C=O) groups is 1. The summed E-state index contributed by atoms with van der Waals surface area (Å²) in [6, 6.07) is 9.92. The van der Waals surface area contributed by atoms with Crippen LogP contribution in [0.15, 0.2) is 36.7 Å². The Morgan fingerprint density at radius 1 is 1.22 bits per heavy atom. The summed E-state index contributed by atoms with van der Waals surface area (Å²) in [6.07, 6.45) is 2.89. The maximum absolute atomic E-state index is 12.4. The van der Waals surface area contributed by atoms with Crippen LogP contribution >= 0.6 is 0 Å². The minimum absolute atomic E-state index is 0.0609. The van der Waals surface area contributed by atoms with Crippen LogP contribution in [0.5, 0.6) is 0 Å². The van der Waals surface area contributed by atoms with Gasteiger partial charge in [-0.1, -0.05) is 12.1 Å². The van der Waals surface area contributed by atoms with E-state index in [1.807, 2.05) is 42.2 Å². The van der Waals surface area contributed by atoms with Crippen LogP contribution in [-0.4, -0.2) is 54.2 Å². The van der Waals surface area contributed by atoms with E-state index in [9.17, 15) is 9.90 Å². The number of aliphatic hydroxyl groups is 1. The van der Waals surface area contributed by atoms with Crippen molar-refractivity contribution in [3.63, 3.8) is 0 Å². The van der Waals surface area contributed by atoms with Crippen molar-refractivity contribution in [3.05, 3.63) is 47.9 Å². The van der Waals surface area contributed by atoms with Crippen LogP contribution in [0.4, 0.5) is 0 Å². The number of likely N-dealkylation sites (tertiary alicyclic amines) is 1. The van der Waals surface area contributed by atoms with E-state index in [2.05, 4.69) is 20.5 Å². The quantitative estimate of drug-likeness (QED) is 0.750. The first-order chi connectivity index (χ1) is 13.0. The van der Waals surface area contributed by atoms with Crippen LogP contribution in [-0.2, 0) is 16.9 Å². The number of pyridine rings is 1. The first-order valence-corrected chi connectivity index (χ1v) is 9.12. The zero-order valence-electron chi connectivity index (χ0n) is 15.2. The third-order valence-electron chi connectivity index (χ3n) is 5.26. The zero-order chi connectivity index (χ0) is 18.9. The molecule has 3 aromatic rings. The van der Waals surface area contributed by atoms with Crippen molar-refractivity contribution in [2.75, 3.05) is 13.1 Å². The highest BCUT2D eigenvalue weighted by Crippen LogP contribution is 2.34. The fourth-order valence-electron chi connectivity index (χ4n) is 3.58. The summed E-state index contributed by atoms with van der Waals surface area (Å²) in [5.41, 5.74) is 1.88. The average molecular weight is 366 g/mol. The predicted molar refractivity (Wildman–Crippen MR) is 98.6 cm³/mol. The molecule has 0 atom stereocenters. The molecule has 140 valence electrons. The van der Waals surface area contributed by atoms with Gasteiger partial charge in [0.2, 0.25) is 5.91 Å². The Labute approximate surface area is 156 Å². The SMILES string of the molecule is Cc1ccc2cc(C3(O)CCN(C(=O)CCn4cnnn4)CC3)ccc2n1. The van der Waals surface area contributed by atoms with Gasteiger partial charge in [-0.2, -0.15) is 0 Å². The normalized spacial score (nSPS) is 16.6. The maximum Gasteiger partial charge on any atom is 0.224 e. The summed E-state index contributed by atoms with van der Waals surface area (Å²) in [4.78, 5) is 18.7. The lowest BCUT2D eigenvalue weighted by Crippen LogP contribution is -2.45. The molecule has 1 aromatic carbocycles. The van der Waals surface area contributed by atoms with Crippen molar-refractivity contribution in [1.82, 2.24) is 30.1 Å². The summed E-state index contributed by atoms with van der Waals surface area (Å²) in [7, 11) is 0. The van der Waals surface area contributed by atoms with Gasteiger partial charge in [-0.05, 0) is 54.0 Å². The van der Waals surface area contributed by atoms with Gasteiger partial charge in [0.1, 0.15) is 6.33 Å². The van der Waals surface area contributed by atoms with Gasteiger partial charge >= 0.3 is 0 Å². The highest BCUT2D eigenvalue weighted by atomic mass is 16.3. The number of rotatable bonds is 4. The Balaban J connectivity index is 1.41. The predicted octanol–water partition coefficient (Wildman–Crippen LogP) is 1.43. The summed E-state index contributed by atoms with van der Waals surface area (Å²) in [6.45, 7) is 3.50. The van der Waals surface area contributed by atoms with Gasteiger partial charge in [-0.25, -0.2) is 4.68 Å². The topological polar surface area (TPSA) is 97.0 Å². The first kappa shape index (κ1) is 17.5. The van der Waals surface area contributed by atoms with E-state index >= 15 is 0 Å². The van der Waals surface area contributed by atoms with Crippen molar-refractivity contribution in [1.29, 1.82) is 0 Å². The molecule has 1 amide bonds. The van der Waals surface area contributed by atoms with E-state index in [-0.39, 0.29) is 5.91 Å². The molecule has 0 saturated carbocycles. The lowest BCUT2D eigenvalue weighted by atomic mass is 9.84. The first-order valence-electron chi connectivity index (χ1n) is 9.12. The van der Waals surface area contributed by atoms with Crippen LogP contribution in [0.25, 0.3) is 10.9 Å². The summed E-state index contributed by atoms with van der Waals surface area (Å²) >= 11 is 0. The molecule has 1 fully saturated rings. The van der Waals surface area contributed by atoms with Crippen molar-refractivity contribution in [2.24, 2.45) is 0 Å². The van der Waals surface area contributed by atoms with E-state index in [4.69, 9.17) is 0 Å². The van der Waals surface area contributed by atoms with Gasteiger partial charge in [-0.3, -0.25) is 9.78 Å². The van der Waals surface area contributed by atoms with E-state index in [1.54, 1.807) is 4.68 Å². The number of hydrogen-bond acceptors (Lipinski definition) is 6. The molecule has 3 heterocycles. The average Bonchev–Trinajstić information content (AvgIpc) is 3.20. The highest BCUT2D eigenvalue weighted by molar-refractivity contribution is 5.79. The van der Waals surface area contributed by atoms with Gasteiger partial charge in [0.15, 0.2) is 0 Å². The number of tetrazole rings is 1. The second-order valence-corrected chi connectivity index (χ2v) is 7.10. The van der Waals surface area contributed by atoms with Crippen LogP contribution in [0, 0.1) is 6.92 Å². The lowest BCUT2D eigenvalue weighted by molar-refractivity contribution is -0.136. The molecule has 0 radical (unpaired) electrons. The smallest absolute Gasteiger partial charge is 0.224 e. The molecular weight excluding hydrogens is 344 g/mol. The van der Waals surface area contributed by atoms with Gasteiger partial charge in [0, 0.05) is 30.6 Å². The molecule has 27 heavy (non-hydrogen) atoms. The molecule has 8 nitrogen and oxygen atoms in total. The summed E-state index contributed by atoms with van der Waals surface area (Å²) in [5.74, 6) is 0.0609. The number of benzene rings is 1. The minimum Gasteiger partial charge on any atom is -0.385 e. The standard InChI is InChI=1S/C19H22N6O2/c1-14-2-3-15-12-16(4-5-17(15)21-14)19(27)7-10-24(11-8-19)18(26)6-9-25-13-20-22-23-25/h2-5,12-13,27H,6-11H2,1H3. The fourth-order valence-corrected chi connectivity index (χ4v) is 3.58. The third-order valence-corrected chi connectivity index (χ3v) is 5.26. The Morgan fingerprint density at radius 2 is 2.04 bits per heavy atom. The Bertz CT molecular complexity index is 948.